The van der Waals surface area contributed by atoms with Crippen molar-refractivity contribution in [1.29, 1.82) is 0 Å². The fourth-order valence-electron chi connectivity index (χ4n) is 3.26. The van der Waals surface area contributed by atoms with Crippen LogP contribution >= 0.6 is 0 Å². The van der Waals surface area contributed by atoms with Crippen LogP contribution in [0.15, 0.2) is 24.3 Å². The van der Waals surface area contributed by atoms with Gasteiger partial charge in [0.1, 0.15) is 5.75 Å². The van der Waals surface area contributed by atoms with Gasteiger partial charge in [0.25, 0.3) is 0 Å². The van der Waals surface area contributed by atoms with Gasteiger partial charge in [0.2, 0.25) is 0 Å². The molecule has 2 heterocycles. The number of sulfone groups is 1. The Hall–Kier alpha value is -1.80. The van der Waals surface area contributed by atoms with Gasteiger partial charge in [-0.15, -0.1) is 0 Å². The van der Waals surface area contributed by atoms with Gasteiger partial charge in [0.15, 0.2) is 9.84 Å². The van der Waals surface area contributed by atoms with Gasteiger partial charge in [-0.25, -0.2) is 13.2 Å². The highest BCUT2D eigenvalue weighted by atomic mass is 32.2. The summed E-state index contributed by atoms with van der Waals surface area (Å²) in [7, 11) is -1.28. The Morgan fingerprint density at radius 3 is 2.62 bits per heavy atom. The average Bonchev–Trinajstić information content (AvgIpc) is 2.95. The number of hydrogen-bond acceptors (Lipinski definition) is 5. The number of carbonyl (C=O) groups is 1. The third-order valence-electron chi connectivity index (χ3n) is 4.65. The van der Waals surface area contributed by atoms with Crippen molar-refractivity contribution in [2.24, 2.45) is 0 Å². The molecular formula is C16H23N3O4S. The Morgan fingerprint density at radius 1 is 1.25 bits per heavy atom. The number of carbonyl (C=O) groups excluding carboxylic acids is 1. The molecule has 1 N–H and O–H groups in total. The Balaban J connectivity index is 1.52. The normalized spacial score (nSPS) is 23.9. The molecule has 0 saturated carbocycles. The first-order chi connectivity index (χ1) is 11.5. The lowest BCUT2D eigenvalue weighted by atomic mass is 10.2. The van der Waals surface area contributed by atoms with Crippen LogP contribution in [0.3, 0.4) is 0 Å². The van der Waals surface area contributed by atoms with E-state index < -0.39 is 9.84 Å². The Labute approximate surface area is 142 Å². The fourth-order valence-corrected chi connectivity index (χ4v) is 5.02. The van der Waals surface area contributed by atoms with Crippen molar-refractivity contribution < 1.29 is 17.9 Å². The second kappa shape index (κ2) is 6.98. The van der Waals surface area contributed by atoms with Crippen LogP contribution in [-0.4, -0.2) is 75.1 Å². The van der Waals surface area contributed by atoms with Crippen LogP contribution in [0.2, 0.25) is 0 Å². The number of hydrogen-bond donors (Lipinski definition) is 1. The first kappa shape index (κ1) is 17.0. The predicted molar refractivity (Wildman–Crippen MR) is 92.2 cm³/mol. The molecule has 2 aliphatic rings. The van der Waals surface area contributed by atoms with E-state index in [1.165, 1.54) is 0 Å². The van der Waals surface area contributed by atoms with Crippen molar-refractivity contribution in [3.63, 3.8) is 0 Å². The Bertz CT molecular complexity index is 699. The SMILES string of the molecule is COc1cccc(NC(=O)N2CCN([C@H]3CCS(=O)(=O)C3)CC2)c1. The van der Waals surface area contributed by atoms with Crippen molar-refractivity contribution in [2.75, 3.05) is 50.1 Å². The first-order valence-corrected chi connectivity index (χ1v) is 9.93. The molecule has 1 aromatic rings. The number of nitrogens with zero attached hydrogens (tertiary/aromatic N) is 2. The van der Waals surface area contributed by atoms with Gasteiger partial charge in [-0.05, 0) is 18.6 Å². The lowest BCUT2D eigenvalue weighted by Gasteiger charge is -2.37. The van der Waals surface area contributed by atoms with Crippen LogP contribution in [0.5, 0.6) is 5.75 Å². The summed E-state index contributed by atoms with van der Waals surface area (Å²) in [6, 6.07) is 7.22. The van der Waals surface area contributed by atoms with Gasteiger partial charge in [0.05, 0.1) is 18.6 Å². The zero-order chi connectivity index (χ0) is 17.2. The minimum atomic E-state index is -2.87. The van der Waals surface area contributed by atoms with Crippen molar-refractivity contribution in [3.05, 3.63) is 24.3 Å². The summed E-state index contributed by atoms with van der Waals surface area (Å²) in [6.07, 6.45) is 0.707. The molecule has 3 rings (SSSR count). The maximum absolute atomic E-state index is 12.4. The van der Waals surface area contributed by atoms with E-state index >= 15 is 0 Å². The molecule has 132 valence electrons. The molecule has 7 nitrogen and oxygen atoms in total. The van der Waals surface area contributed by atoms with Crippen LogP contribution in [0, 0.1) is 0 Å². The number of ether oxygens (including phenoxy) is 1. The molecule has 2 fully saturated rings. The van der Waals surface area contributed by atoms with Gasteiger partial charge in [-0.2, -0.15) is 0 Å². The van der Waals surface area contributed by atoms with Crippen LogP contribution in [0.1, 0.15) is 6.42 Å². The molecule has 8 heteroatoms. The largest absolute Gasteiger partial charge is 0.497 e. The average molecular weight is 353 g/mol. The van der Waals surface area contributed by atoms with Gasteiger partial charge in [-0.1, -0.05) is 6.07 Å². The number of benzene rings is 1. The van der Waals surface area contributed by atoms with E-state index in [2.05, 4.69) is 10.2 Å². The van der Waals surface area contributed by atoms with Crippen molar-refractivity contribution in [2.45, 2.75) is 12.5 Å². The lowest BCUT2D eigenvalue weighted by Crippen LogP contribution is -2.53. The quantitative estimate of drug-likeness (QED) is 0.878. The second-order valence-corrected chi connectivity index (χ2v) is 8.47. The summed E-state index contributed by atoms with van der Waals surface area (Å²) in [5.41, 5.74) is 0.698. The van der Waals surface area contributed by atoms with Crippen molar-refractivity contribution in [3.8, 4) is 5.75 Å². The Kier molecular flexibility index (Phi) is 4.96. The van der Waals surface area contributed by atoms with Crippen LogP contribution in [0.4, 0.5) is 10.5 Å². The van der Waals surface area contributed by atoms with Gasteiger partial charge >= 0.3 is 6.03 Å². The molecule has 0 aliphatic carbocycles. The van der Waals surface area contributed by atoms with Gasteiger partial charge in [-0.3, -0.25) is 4.90 Å². The molecular weight excluding hydrogens is 330 g/mol. The fraction of sp³-hybridized carbons (Fsp3) is 0.562. The smallest absolute Gasteiger partial charge is 0.321 e. The molecule has 1 aromatic carbocycles. The maximum Gasteiger partial charge on any atom is 0.321 e. The molecule has 1 atom stereocenters. The number of amides is 2. The Morgan fingerprint density at radius 2 is 2.00 bits per heavy atom. The number of anilines is 1. The lowest BCUT2D eigenvalue weighted by molar-refractivity contribution is 0.121. The molecule has 0 radical (unpaired) electrons. The molecule has 0 bridgehead atoms. The third-order valence-corrected chi connectivity index (χ3v) is 6.40. The highest BCUT2D eigenvalue weighted by Gasteiger charge is 2.34. The molecule has 0 unspecified atom stereocenters. The number of methoxy groups -OCH3 is 1. The molecule has 24 heavy (non-hydrogen) atoms. The molecule has 0 aromatic heterocycles. The van der Waals surface area contributed by atoms with Crippen molar-refractivity contribution >= 4 is 21.6 Å². The van der Waals surface area contributed by atoms with Crippen LogP contribution in [-0.2, 0) is 9.84 Å². The third kappa shape index (κ3) is 3.99. The van der Waals surface area contributed by atoms with E-state index in [1.54, 1.807) is 18.1 Å². The summed E-state index contributed by atoms with van der Waals surface area (Å²) in [6.45, 7) is 2.64. The summed E-state index contributed by atoms with van der Waals surface area (Å²) in [5, 5.41) is 2.88. The first-order valence-electron chi connectivity index (χ1n) is 8.11. The van der Waals surface area contributed by atoms with Crippen LogP contribution < -0.4 is 10.1 Å². The van der Waals surface area contributed by atoms with Crippen molar-refractivity contribution in [1.82, 2.24) is 9.80 Å². The van der Waals surface area contributed by atoms with E-state index in [9.17, 15) is 13.2 Å². The van der Waals surface area contributed by atoms with E-state index in [1.807, 2.05) is 18.2 Å². The zero-order valence-electron chi connectivity index (χ0n) is 13.8. The summed E-state index contributed by atoms with van der Waals surface area (Å²) in [5.74, 6) is 1.23. The van der Waals surface area contributed by atoms with Gasteiger partial charge < -0.3 is 15.0 Å². The molecule has 0 spiro atoms. The minimum Gasteiger partial charge on any atom is -0.497 e. The predicted octanol–water partition coefficient (Wildman–Crippen LogP) is 1.03. The van der Waals surface area contributed by atoms with Gasteiger partial charge in [0, 0.05) is 44.0 Å². The number of nitrogens with one attached hydrogen (secondary N) is 1. The minimum absolute atomic E-state index is 0.110. The van der Waals surface area contributed by atoms with E-state index in [-0.39, 0.29) is 23.6 Å². The molecule has 2 amide bonds. The monoisotopic (exact) mass is 353 g/mol. The van der Waals surface area contributed by atoms with E-state index in [0.717, 1.165) is 0 Å². The van der Waals surface area contributed by atoms with E-state index in [0.29, 0.717) is 44.0 Å². The maximum atomic E-state index is 12.4. The molecule has 2 aliphatic heterocycles. The highest BCUT2D eigenvalue weighted by Crippen LogP contribution is 2.20. The number of urea groups is 1. The molecule has 2 saturated heterocycles. The summed E-state index contributed by atoms with van der Waals surface area (Å²) in [4.78, 5) is 16.3. The topological polar surface area (TPSA) is 79.0 Å². The number of rotatable bonds is 3. The summed E-state index contributed by atoms with van der Waals surface area (Å²) < 4.78 is 28.3. The van der Waals surface area contributed by atoms with Crippen LogP contribution in [0.25, 0.3) is 0 Å². The highest BCUT2D eigenvalue weighted by molar-refractivity contribution is 7.91. The second-order valence-electron chi connectivity index (χ2n) is 6.24. The zero-order valence-corrected chi connectivity index (χ0v) is 14.6. The number of piperazine rings is 1. The van der Waals surface area contributed by atoms with E-state index in [4.69, 9.17) is 4.74 Å². The summed E-state index contributed by atoms with van der Waals surface area (Å²) >= 11 is 0. The standard InChI is InChI=1S/C16H23N3O4S/c1-23-15-4-2-3-13(11-15)17-16(20)19-8-6-18(7-9-19)14-5-10-24(21,22)12-14/h2-4,11,14H,5-10,12H2,1H3,(H,17,20)/t14-/m0/s1.